The van der Waals surface area contributed by atoms with Gasteiger partial charge in [0, 0.05) is 0 Å². The first kappa shape index (κ1) is 11.8. The van der Waals surface area contributed by atoms with E-state index in [0.29, 0.717) is 0 Å². The lowest BCUT2D eigenvalue weighted by atomic mass is 9.90. The molecule has 2 aliphatic rings. The lowest BCUT2D eigenvalue weighted by Gasteiger charge is -2.15. The monoisotopic (exact) mass is 193 g/mol. The molecule has 0 N–H and O–H groups in total. The minimum absolute atomic E-state index is 1.31. The molecule has 81 valence electrons. The van der Waals surface area contributed by atoms with Gasteiger partial charge in [0.25, 0.3) is 0 Å². The van der Waals surface area contributed by atoms with Gasteiger partial charge >= 0.3 is 0 Å². The summed E-state index contributed by atoms with van der Waals surface area (Å²) in [6.07, 6.45) is 17.9. The average Bonchev–Trinajstić information content (AvgIpc) is 2.33. The molecule has 0 amide bonds. The van der Waals surface area contributed by atoms with Crippen LogP contribution >= 0.6 is 0 Å². The van der Waals surface area contributed by atoms with Crippen LogP contribution in [0.5, 0.6) is 0 Å². The van der Waals surface area contributed by atoms with Crippen molar-refractivity contribution in [3.05, 3.63) is 18.6 Å². The Hall–Kier alpha value is -0.260. The molecule has 0 aromatic heterocycles. The van der Waals surface area contributed by atoms with E-state index in [9.17, 15) is 0 Å². The van der Waals surface area contributed by atoms with Crippen LogP contribution in [-0.2, 0) is 0 Å². The standard InChI is InChI=1S/C8H13.C6H12/c1-2-8-6-4-3-5-7-8;1-2-4-6-5-3-1/h2H,1,3-7H2;1-6H2. The van der Waals surface area contributed by atoms with Gasteiger partial charge in [-0.2, -0.15) is 0 Å². The Kier molecular flexibility index (Phi) is 6.82. The van der Waals surface area contributed by atoms with Crippen molar-refractivity contribution in [1.29, 1.82) is 0 Å². The lowest BCUT2D eigenvalue weighted by Crippen LogP contribution is -1.99. The Bertz CT molecular complexity index is 115. The fourth-order valence-corrected chi connectivity index (χ4v) is 2.27. The van der Waals surface area contributed by atoms with Crippen LogP contribution in [0.2, 0.25) is 0 Å². The molecule has 0 heterocycles. The maximum absolute atomic E-state index is 3.75. The van der Waals surface area contributed by atoms with Crippen molar-refractivity contribution >= 4 is 0 Å². The molecule has 0 aromatic carbocycles. The first-order valence-corrected chi connectivity index (χ1v) is 6.40. The predicted octanol–water partition coefficient (Wildman–Crippen LogP) is 5.05. The zero-order chi connectivity index (χ0) is 10.1. The van der Waals surface area contributed by atoms with E-state index in [2.05, 4.69) is 6.58 Å². The third kappa shape index (κ3) is 5.47. The van der Waals surface area contributed by atoms with Gasteiger partial charge in [0.2, 0.25) is 0 Å². The lowest BCUT2D eigenvalue weighted by molar-refractivity contribution is 0.504. The zero-order valence-electron chi connectivity index (χ0n) is 9.56. The molecule has 14 heavy (non-hydrogen) atoms. The van der Waals surface area contributed by atoms with Gasteiger partial charge in [-0.1, -0.05) is 63.9 Å². The van der Waals surface area contributed by atoms with Crippen LogP contribution in [0.1, 0.15) is 70.6 Å². The molecule has 0 nitrogen and oxygen atoms in total. The number of allylic oxidation sites excluding steroid dienone is 1. The summed E-state index contributed by atoms with van der Waals surface area (Å²) in [4.78, 5) is 0. The second-order valence-electron chi connectivity index (χ2n) is 4.54. The predicted molar refractivity (Wildman–Crippen MR) is 64.2 cm³/mol. The van der Waals surface area contributed by atoms with Crippen molar-refractivity contribution < 1.29 is 0 Å². The fourth-order valence-electron chi connectivity index (χ4n) is 2.27. The summed E-state index contributed by atoms with van der Waals surface area (Å²) >= 11 is 0. The highest BCUT2D eigenvalue weighted by Gasteiger charge is 2.08. The molecule has 0 spiro atoms. The highest BCUT2D eigenvalue weighted by Crippen LogP contribution is 2.25. The molecular formula is C14H25. The quantitative estimate of drug-likeness (QED) is 0.546. The van der Waals surface area contributed by atoms with Gasteiger partial charge in [0.05, 0.1) is 0 Å². The number of hydrogen-bond acceptors (Lipinski definition) is 0. The molecule has 0 unspecified atom stereocenters. The van der Waals surface area contributed by atoms with E-state index >= 15 is 0 Å². The SMILES string of the molecule is C1CCCCC1.C=C[C]1CCCCC1. The zero-order valence-corrected chi connectivity index (χ0v) is 9.56. The topological polar surface area (TPSA) is 0 Å². The maximum Gasteiger partial charge on any atom is -0.00301 e. The normalized spacial score (nSPS) is 23.4. The highest BCUT2D eigenvalue weighted by atomic mass is 14.1. The summed E-state index contributed by atoms with van der Waals surface area (Å²) < 4.78 is 0. The van der Waals surface area contributed by atoms with E-state index in [1.807, 2.05) is 6.08 Å². The van der Waals surface area contributed by atoms with E-state index < -0.39 is 0 Å². The van der Waals surface area contributed by atoms with Crippen molar-refractivity contribution in [1.82, 2.24) is 0 Å². The summed E-state index contributed by atoms with van der Waals surface area (Å²) in [5.74, 6) is 1.57. The molecule has 0 atom stereocenters. The molecule has 2 saturated carbocycles. The van der Waals surface area contributed by atoms with E-state index in [4.69, 9.17) is 0 Å². The highest BCUT2D eigenvalue weighted by molar-refractivity contribution is 5.06. The van der Waals surface area contributed by atoms with Crippen molar-refractivity contribution in [3.8, 4) is 0 Å². The van der Waals surface area contributed by atoms with Crippen LogP contribution in [0.25, 0.3) is 0 Å². The van der Waals surface area contributed by atoms with Crippen LogP contribution in [0.4, 0.5) is 0 Å². The van der Waals surface area contributed by atoms with Gasteiger partial charge in [-0.25, -0.2) is 0 Å². The van der Waals surface area contributed by atoms with Crippen LogP contribution in [-0.4, -0.2) is 0 Å². The van der Waals surface area contributed by atoms with Gasteiger partial charge < -0.3 is 0 Å². The number of rotatable bonds is 1. The number of hydrogen-bond donors (Lipinski definition) is 0. The molecule has 2 rings (SSSR count). The largest absolute Gasteiger partial charge is 0.102 e. The molecule has 1 radical (unpaired) electrons. The minimum atomic E-state index is 1.31. The first-order chi connectivity index (χ1) is 6.93. The molecule has 2 fully saturated rings. The summed E-state index contributed by atoms with van der Waals surface area (Å²) in [6, 6.07) is 0. The van der Waals surface area contributed by atoms with E-state index in [-0.39, 0.29) is 0 Å². The van der Waals surface area contributed by atoms with Crippen molar-refractivity contribution in [3.63, 3.8) is 0 Å². The molecule has 0 saturated heterocycles. The third-order valence-electron chi connectivity index (χ3n) is 3.28. The van der Waals surface area contributed by atoms with Crippen molar-refractivity contribution in [2.24, 2.45) is 0 Å². The Balaban J connectivity index is 0.000000146. The van der Waals surface area contributed by atoms with Gasteiger partial charge in [-0.3, -0.25) is 0 Å². The Morgan fingerprint density at radius 2 is 1.00 bits per heavy atom. The average molecular weight is 193 g/mol. The second kappa shape index (κ2) is 8.08. The Morgan fingerprint density at radius 1 is 0.643 bits per heavy atom. The van der Waals surface area contributed by atoms with Gasteiger partial charge in [0.1, 0.15) is 0 Å². The summed E-state index contributed by atoms with van der Waals surface area (Å²) in [5.41, 5.74) is 0. The van der Waals surface area contributed by atoms with E-state index in [0.717, 1.165) is 0 Å². The summed E-state index contributed by atoms with van der Waals surface area (Å²) in [7, 11) is 0. The van der Waals surface area contributed by atoms with Crippen molar-refractivity contribution in [2.45, 2.75) is 70.6 Å². The first-order valence-electron chi connectivity index (χ1n) is 6.40. The Labute approximate surface area is 89.8 Å². The molecule has 0 aliphatic heterocycles. The maximum atomic E-state index is 3.75. The minimum Gasteiger partial charge on any atom is -0.102 e. The van der Waals surface area contributed by atoms with Crippen LogP contribution in [0.3, 0.4) is 0 Å². The fraction of sp³-hybridized carbons (Fsp3) is 0.786. The summed E-state index contributed by atoms with van der Waals surface area (Å²) in [5, 5.41) is 0. The third-order valence-corrected chi connectivity index (χ3v) is 3.28. The van der Waals surface area contributed by atoms with Gasteiger partial charge in [-0.05, 0) is 18.8 Å². The molecule has 2 aliphatic carbocycles. The van der Waals surface area contributed by atoms with Crippen molar-refractivity contribution in [2.75, 3.05) is 0 Å². The summed E-state index contributed by atoms with van der Waals surface area (Å²) in [6.45, 7) is 3.75. The smallest absolute Gasteiger partial charge is 0.00301 e. The van der Waals surface area contributed by atoms with Crippen LogP contribution in [0.15, 0.2) is 12.7 Å². The van der Waals surface area contributed by atoms with Gasteiger partial charge in [0.15, 0.2) is 0 Å². The second-order valence-corrected chi connectivity index (χ2v) is 4.54. The molecule has 0 aromatic rings. The van der Waals surface area contributed by atoms with E-state index in [1.54, 1.807) is 5.92 Å². The molecule has 0 heteroatoms. The van der Waals surface area contributed by atoms with Gasteiger partial charge in [-0.15, -0.1) is 6.58 Å². The Morgan fingerprint density at radius 3 is 1.29 bits per heavy atom. The molecule has 0 bridgehead atoms. The van der Waals surface area contributed by atoms with Crippen LogP contribution in [0, 0.1) is 5.92 Å². The van der Waals surface area contributed by atoms with Crippen LogP contribution < -0.4 is 0 Å². The van der Waals surface area contributed by atoms with E-state index in [1.165, 1.54) is 70.6 Å². The molecular weight excluding hydrogens is 168 g/mol.